The second-order valence-electron chi connectivity index (χ2n) is 6.14. The number of nitrogens with one attached hydrogen (secondary N) is 1. The van der Waals surface area contributed by atoms with Crippen molar-refractivity contribution < 1.29 is 13.8 Å². The van der Waals surface area contributed by atoms with Gasteiger partial charge in [0.25, 0.3) is 5.91 Å². The molecule has 0 aliphatic carbocycles. The fourth-order valence-electron chi connectivity index (χ4n) is 2.77. The van der Waals surface area contributed by atoms with Gasteiger partial charge in [-0.05, 0) is 41.5 Å². The Kier molecular flexibility index (Phi) is 5.98. The maximum Gasteiger partial charge on any atom is 0.251 e. The van der Waals surface area contributed by atoms with Crippen LogP contribution in [0.25, 0.3) is 10.8 Å². The van der Waals surface area contributed by atoms with Crippen LogP contribution in [0, 0.1) is 0 Å². The van der Waals surface area contributed by atoms with E-state index in [0.717, 1.165) is 10.8 Å². The first-order valence-corrected chi connectivity index (χ1v) is 9.89. The van der Waals surface area contributed by atoms with Crippen molar-refractivity contribution in [1.82, 2.24) is 5.32 Å². The van der Waals surface area contributed by atoms with E-state index in [2.05, 4.69) is 5.32 Å². The molecule has 27 heavy (non-hydrogen) atoms. The Morgan fingerprint density at radius 2 is 1.59 bits per heavy atom. The Bertz CT molecular complexity index is 989. The minimum atomic E-state index is -1.26. The lowest BCUT2D eigenvalue weighted by Gasteiger charge is -2.15. The summed E-state index contributed by atoms with van der Waals surface area (Å²) < 4.78 is 12.3. The summed E-state index contributed by atoms with van der Waals surface area (Å²) in [6, 6.07) is 21.1. The van der Waals surface area contributed by atoms with Gasteiger partial charge in [-0.2, -0.15) is 0 Å². The molecule has 2 amide bonds. The highest BCUT2D eigenvalue weighted by Crippen LogP contribution is 2.16. The molecular weight excluding hydrogens is 360 g/mol. The van der Waals surface area contributed by atoms with Crippen LogP contribution in [0.5, 0.6) is 0 Å². The molecule has 0 bridgehead atoms. The zero-order valence-corrected chi connectivity index (χ0v) is 15.4. The third kappa shape index (κ3) is 4.80. The van der Waals surface area contributed by atoms with Gasteiger partial charge in [-0.25, -0.2) is 0 Å². The number of amides is 2. The second-order valence-corrected chi connectivity index (χ2v) is 7.71. The third-order valence-electron chi connectivity index (χ3n) is 4.26. The van der Waals surface area contributed by atoms with E-state index >= 15 is 0 Å². The Morgan fingerprint density at radius 1 is 0.926 bits per heavy atom. The number of fused-ring (bicyclic) bond motifs is 1. The van der Waals surface area contributed by atoms with Gasteiger partial charge in [-0.3, -0.25) is 13.8 Å². The summed E-state index contributed by atoms with van der Waals surface area (Å²) in [5.41, 5.74) is 5.87. The van der Waals surface area contributed by atoms with Gasteiger partial charge in [0.05, 0.1) is 10.8 Å². The molecule has 0 fully saturated rings. The summed E-state index contributed by atoms with van der Waals surface area (Å²) >= 11 is 0. The largest absolute Gasteiger partial charge is 0.368 e. The van der Waals surface area contributed by atoms with Crippen LogP contribution in [0.2, 0.25) is 0 Å². The smallest absolute Gasteiger partial charge is 0.251 e. The van der Waals surface area contributed by atoms with Gasteiger partial charge in [-0.15, -0.1) is 0 Å². The van der Waals surface area contributed by atoms with Crippen molar-refractivity contribution in [1.29, 1.82) is 0 Å². The number of hydrogen-bond acceptors (Lipinski definition) is 3. The van der Waals surface area contributed by atoms with Gasteiger partial charge in [0.2, 0.25) is 5.91 Å². The van der Waals surface area contributed by atoms with Crippen LogP contribution in [-0.2, 0) is 15.6 Å². The molecule has 3 N–H and O–H groups in total. The molecule has 0 radical (unpaired) electrons. The van der Waals surface area contributed by atoms with E-state index in [1.54, 1.807) is 36.4 Å². The summed E-state index contributed by atoms with van der Waals surface area (Å²) in [6.07, 6.45) is 0.205. The third-order valence-corrected chi connectivity index (χ3v) is 5.66. The number of nitrogens with two attached hydrogens (primary N) is 1. The van der Waals surface area contributed by atoms with Gasteiger partial charge < -0.3 is 11.1 Å². The molecule has 0 aliphatic heterocycles. The Balaban J connectivity index is 1.67. The molecule has 0 heterocycles. The van der Waals surface area contributed by atoms with E-state index in [-0.39, 0.29) is 18.1 Å². The zero-order valence-electron chi connectivity index (χ0n) is 14.6. The molecule has 0 aromatic heterocycles. The number of benzene rings is 3. The second kappa shape index (κ2) is 8.60. The molecule has 6 heteroatoms. The monoisotopic (exact) mass is 380 g/mol. The van der Waals surface area contributed by atoms with Crippen LogP contribution >= 0.6 is 0 Å². The molecular formula is C21H20N2O3S. The zero-order chi connectivity index (χ0) is 19.2. The van der Waals surface area contributed by atoms with Crippen LogP contribution in [-0.4, -0.2) is 27.8 Å². The Hall–Kier alpha value is -2.99. The predicted molar refractivity (Wildman–Crippen MR) is 107 cm³/mol. The van der Waals surface area contributed by atoms with Crippen LogP contribution in [0.15, 0.2) is 77.7 Å². The minimum absolute atomic E-state index is 0.205. The molecule has 5 nitrogen and oxygen atoms in total. The molecule has 0 saturated carbocycles. The minimum Gasteiger partial charge on any atom is -0.368 e. The molecule has 0 aliphatic rings. The first-order chi connectivity index (χ1) is 13.0. The highest BCUT2D eigenvalue weighted by atomic mass is 32.2. The van der Waals surface area contributed by atoms with Crippen LogP contribution in [0.1, 0.15) is 16.8 Å². The van der Waals surface area contributed by atoms with Crippen LogP contribution < -0.4 is 11.1 Å². The van der Waals surface area contributed by atoms with Crippen molar-refractivity contribution in [2.24, 2.45) is 5.73 Å². The Labute approximate surface area is 160 Å². The molecule has 3 aromatic rings. The van der Waals surface area contributed by atoms with Gasteiger partial charge in [-0.1, -0.05) is 48.5 Å². The van der Waals surface area contributed by atoms with Gasteiger partial charge >= 0.3 is 0 Å². The fourth-order valence-corrected chi connectivity index (χ4v) is 3.92. The van der Waals surface area contributed by atoms with E-state index in [9.17, 15) is 13.8 Å². The van der Waals surface area contributed by atoms with Crippen molar-refractivity contribution in [3.63, 3.8) is 0 Å². The van der Waals surface area contributed by atoms with Crippen molar-refractivity contribution in [3.05, 3.63) is 78.4 Å². The van der Waals surface area contributed by atoms with E-state index in [1.807, 2.05) is 36.4 Å². The maximum atomic E-state index is 12.5. The molecule has 3 rings (SSSR count). The van der Waals surface area contributed by atoms with Crippen molar-refractivity contribution >= 4 is 33.4 Å². The van der Waals surface area contributed by atoms with Crippen molar-refractivity contribution in [3.8, 4) is 0 Å². The molecule has 0 unspecified atom stereocenters. The van der Waals surface area contributed by atoms with Gasteiger partial charge in [0.1, 0.15) is 6.04 Å². The number of carbonyl (C=O) groups is 2. The lowest BCUT2D eigenvalue weighted by atomic mass is 10.1. The molecule has 138 valence electrons. The lowest BCUT2D eigenvalue weighted by Crippen LogP contribution is -2.45. The number of rotatable bonds is 7. The highest BCUT2D eigenvalue weighted by molar-refractivity contribution is 7.85. The van der Waals surface area contributed by atoms with E-state index in [4.69, 9.17) is 5.73 Å². The molecule has 0 saturated heterocycles. The summed E-state index contributed by atoms with van der Waals surface area (Å²) in [7, 11) is -1.26. The highest BCUT2D eigenvalue weighted by Gasteiger charge is 2.20. The quantitative estimate of drug-likeness (QED) is 0.660. The van der Waals surface area contributed by atoms with Gasteiger partial charge in [0, 0.05) is 16.2 Å². The maximum absolute atomic E-state index is 12.5. The van der Waals surface area contributed by atoms with Crippen molar-refractivity contribution in [2.45, 2.75) is 17.4 Å². The SMILES string of the molecule is NC(=O)[C@@H](CC[S@](=O)c1ccccc1)NC(=O)c1ccc2ccccc2c1. The average Bonchev–Trinajstić information content (AvgIpc) is 2.70. The van der Waals surface area contributed by atoms with Gasteiger partial charge in [0.15, 0.2) is 0 Å². The number of carbonyl (C=O) groups excluding carboxylic acids is 2. The standard InChI is InChI=1S/C21H20N2O3S/c22-20(24)19(12-13-27(26)18-8-2-1-3-9-18)23-21(25)17-11-10-15-6-4-5-7-16(15)14-17/h1-11,14,19H,12-13H2,(H2,22,24)(H,23,25)/t19-,27+/m1/s1. The lowest BCUT2D eigenvalue weighted by molar-refractivity contribution is -0.119. The first-order valence-electron chi connectivity index (χ1n) is 8.57. The summed E-state index contributed by atoms with van der Waals surface area (Å²) in [4.78, 5) is 24.9. The molecule has 3 aromatic carbocycles. The topological polar surface area (TPSA) is 89.3 Å². The summed E-state index contributed by atoms with van der Waals surface area (Å²) in [5.74, 6) is -0.792. The normalized spacial score (nSPS) is 13.0. The van der Waals surface area contributed by atoms with E-state index in [0.29, 0.717) is 10.5 Å². The first kappa shape index (κ1) is 18.8. The van der Waals surface area contributed by atoms with E-state index < -0.39 is 22.7 Å². The summed E-state index contributed by atoms with van der Waals surface area (Å²) in [6.45, 7) is 0. The molecule has 0 spiro atoms. The Morgan fingerprint density at radius 3 is 2.30 bits per heavy atom. The predicted octanol–water partition coefficient (Wildman–Crippen LogP) is 2.62. The van der Waals surface area contributed by atoms with E-state index in [1.165, 1.54) is 0 Å². The van der Waals surface area contributed by atoms with Crippen LogP contribution in [0.3, 0.4) is 0 Å². The average molecular weight is 380 g/mol. The fraction of sp³-hybridized carbons (Fsp3) is 0.143. The van der Waals surface area contributed by atoms with Crippen LogP contribution in [0.4, 0.5) is 0 Å². The molecule has 2 atom stereocenters. The van der Waals surface area contributed by atoms with Crippen molar-refractivity contribution in [2.75, 3.05) is 5.75 Å². The number of hydrogen-bond donors (Lipinski definition) is 2. The number of primary amides is 1. The summed E-state index contributed by atoms with van der Waals surface area (Å²) in [5, 5.41) is 4.62.